The standard InChI is InChI=1S/C27H23ClF3N5O3S/c1-18-11-13-23(14-12-18)40(38,39)35(22-10-6-7-20(15-22)27(29,30)31)17-25(37)33-32-16-24-19(2)36(34-26(24)28)21-8-4-3-5-9-21/h3-16H,17H2,1-2H3,(H,33,37)/b32-16-. The van der Waals surface area contributed by atoms with E-state index in [1.807, 2.05) is 30.3 Å². The van der Waals surface area contributed by atoms with Crippen LogP contribution in [-0.4, -0.2) is 36.9 Å². The lowest BCUT2D eigenvalue weighted by molar-refractivity contribution is -0.137. The van der Waals surface area contributed by atoms with E-state index in [9.17, 15) is 26.4 Å². The summed E-state index contributed by atoms with van der Waals surface area (Å²) < 4.78 is 69.2. The zero-order valence-electron chi connectivity index (χ0n) is 21.2. The van der Waals surface area contributed by atoms with Crippen LogP contribution < -0.4 is 9.73 Å². The Morgan fingerprint density at radius 1 is 1.05 bits per heavy atom. The van der Waals surface area contributed by atoms with Gasteiger partial charge in [0, 0.05) is 0 Å². The van der Waals surface area contributed by atoms with Crippen molar-refractivity contribution in [2.45, 2.75) is 24.9 Å². The number of anilines is 1. The quantitative estimate of drug-likeness (QED) is 0.217. The van der Waals surface area contributed by atoms with Gasteiger partial charge < -0.3 is 0 Å². The molecule has 3 aromatic carbocycles. The number of alkyl halides is 3. The van der Waals surface area contributed by atoms with Gasteiger partial charge in [0.25, 0.3) is 15.9 Å². The Labute approximate surface area is 233 Å². The van der Waals surface area contributed by atoms with Gasteiger partial charge in [-0.15, -0.1) is 0 Å². The third kappa shape index (κ3) is 6.35. The summed E-state index contributed by atoms with van der Waals surface area (Å²) in [5.41, 5.74) is 3.39. The molecule has 0 saturated heterocycles. The Bertz CT molecular complexity index is 1660. The molecule has 0 spiro atoms. The highest BCUT2D eigenvalue weighted by atomic mass is 35.5. The Morgan fingerprint density at radius 2 is 1.73 bits per heavy atom. The van der Waals surface area contributed by atoms with Crippen LogP contribution in [0, 0.1) is 13.8 Å². The Kier molecular flexibility index (Phi) is 8.31. The predicted octanol–water partition coefficient (Wildman–Crippen LogP) is 5.51. The average Bonchev–Trinajstić information content (AvgIpc) is 3.20. The average molecular weight is 590 g/mol. The van der Waals surface area contributed by atoms with Crippen LogP contribution in [0.25, 0.3) is 5.69 Å². The number of aromatic nitrogens is 2. The van der Waals surface area contributed by atoms with Crippen molar-refractivity contribution in [2.24, 2.45) is 5.10 Å². The van der Waals surface area contributed by atoms with Gasteiger partial charge >= 0.3 is 6.18 Å². The first-order chi connectivity index (χ1) is 18.9. The van der Waals surface area contributed by atoms with Gasteiger partial charge in [0.2, 0.25) is 0 Å². The smallest absolute Gasteiger partial charge is 0.271 e. The molecule has 1 N–H and O–H groups in total. The molecule has 0 radical (unpaired) electrons. The number of sulfonamides is 1. The van der Waals surface area contributed by atoms with Crippen molar-refractivity contribution < 1.29 is 26.4 Å². The van der Waals surface area contributed by atoms with Crippen LogP contribution in [-0.2, 0) is 21.0 Å². The molecule has 0 aliphatic rings. The molecule has 1 amide bonds. The maximum atomic E-state index is 13.5. The summed E-state index contributed by atoms with van der Waals surface area (Å²) in [6, 6.07) is 18.6. The molecule has 0 aliphatic heterocycles. The normalized spacial score (nSPS) is 12.1. The van der Waals surface area contributed by atoms with Crippen LogP contribution in [0.3, 0.4) is 0 Å². The summed E-state index contributed by atoms with van der Waals surface area (Å²) in [6.07, 6.45) is -3.46. The van der Waals surface area contributed by atoms with Crippen LogP contribution in [0.5, 0.6) is 0 Å². The third-order valence-electron chi connectivity index (χ3n) is 5.86. The van der Waals surface area contributed by atoms with E-state index < -0.39 is 34.2 Å². The second-order valence-corrected chi connectivity index (χ2v) is 10.9. The van der Waals surface area contributed by atoms with Gasteiger partial charge in [-0.1, -0.05) is 53.6 Å². The lowest BCUT2D eigenvalue weighted by atomic mass is 10.2. The van der Waals surface area contributed by atoms with Crippen molar-refractivity contribution in [3.63, 3.8) is 0 Å². The van der Waals surface area contributed by atoms with Crippen molar-refractivity contribution in [2.75, 3.05) is 10.8 Å². The molecule has 4 rings (SSSR count). The zero-order valence-corrected chi connectivity index (χ0v) is 22.8. The highest BCUT2D eigenvalue weighted by Crippen LogP contribution is 2.33. The number of hydrogen-bond donors (Lipinski definition) is 1. The minimum absolute atomic E-state index is 0.117. The molecular weight excluding hydrogens is 567 g/mol. The van der Waals surface area contributed by atoms with E-state index in [0.717, 1.165) is 23.4 Å². The van der Waals surface area contributed by atoms with E-state index in [-0.39, 0.29) is 15.7 Å². The van der Waals surface area contributed by atoms with Gasteiger partial charge in [-0.05, 0) is 56.3 Å². The maximum absolute atomic E-state index is 13.5. The fourth-order valence-electron chi connectivity index (χ4n) is 3.77. The molecular formula is C27H23ClF3N5O3S. The van der Waals surface area contributed by atoms with Crippen LogP contribution in [0.15, 0.2) is 88.9 Å². The lowest BCUT2D eigenvalue weighted by Gasteiger charge is -2.24. The van der Waals surface area contributed by atoms with Crippen LogP contribution >= 0.6 is 11.6 Å². The first-order valence-electron chi connectivity index (χ1n) is 11.8. The number of carbonyl (C=O) groups excluding carboxylic acids is 1. The maximum Gasteiger partial charge on any atom is 0.416 e. The minimum Gasteiger partial charge on any atom is -0.271 e. The van der Waals surface area contributed by atoms with Gasteiger partial charge in [0.15, 0.2) is 5.15 Å². The largest absolute Gasteiger partial charge is 0.416 e. The number of benzene rings is 3. The highest BCUT2D eigenvalue weighted by molar-refractivity contribution is 7.92. The monoisotopic (exact) mass is 589 g/mol. The van der Waals surface area contributed by atoms with E-state index in [0.29, 0.717) is 21.6 Å². The molecule has 0 bridgehead atoms. The molecule has 0 saturated carbocycles. The third-order valence-corrected chi connectivity index (χ3v) is 7.93. The number of nitrogens with zero attached hydrogens (tertiary/aromatic N) is 4. The van der Waals surface area contributed by atoms with E-state index in [1.165, 1.54) is 24.4 Å². The van der Waals surface area contributed by atoms with Crippen LogP contribution in [0.4, 0.5) is 18.9 Å². The predicted molar refractivity (Wildman–Crippen MR) is 146 cm³/mol. The molecule has 208 valence electrons. The molecule has 40 heavy (non-hydrogen) atoms. The molecule has 13 heteroatoms. The number of aryl methyl sites for hydroxylation is 1. The molecule has 0 atom stereocenters. The zero-order chi connectivity index (χ0) is 29.1. The van der Waals surface area contributed by atoms with Gasteiger partial charge in [-0.2, -0.15) is 23.4 Å². The molecule has 1 heterocycles. The second kappa shape index (κ2) is 11.5. The molecule has 0 fully saturated rings. The van der Waals surface area contributed by atoms with Gasteiger partial charge in [0.05, 0.1) is 39.3 Å². The number of amides is 1. The van der Waals surface area contributed by atoms with E-state index >= 15 is 0 Å². The molecule has 8 nitrogen and oxygen atoms in total. The van der Waals surface area contributed by atoms with Gasteiger partial charge in [-0.3, -0.25) is 9.10 Å². The summed E-state index contributed by atoms with van der Waals surface area (Å²) in [5.74, 6) is -0.895. The highest BCUT2D eigenvalue weighted by Gasteiger charge is 2.33. The fraction of sp³-hybridized carbons (Fsp3) is 0.148. The summed E-state index contributed by atoms with van der Waals surface area (Å²) in [5, 5.41) is 8.26. The van der Waals surface area contributed by atoms with Crippen molar-refractivity contribution in [3.8, 4) is 5.69 Å². The minimum atomic E-state index is -4.72. The summed E-state index contributed by atoms with van der Waals surface area (Å²) in [6.45, 7) is 2.66. The number of halogens is 4. The number of para-hydroxylation sites is 1. The van der Waals surface area contributed by atoms with Crippen LogP contribution in [0.1, 0.15) is 22.4 Å². The SMILES string of the molecule is Cc1ccc(S(=O)(=O)N(CC(=O)N/N=C\c2c(Cl)nn(-c3ccccc3)c2C)c2cccc(C(F)(F)F)c2)cc1. The Hall–Kier alpha value is -4.16. The summed E-state index contributed by atoms with van der Waals surface area (Å²) in [4.78, 5) is 12.6. The molecule has 0 aliphatic carbocycles. The van der Waals surface area contributed by atoms with Crippen molar-refractivity contribution >= 4 is 39.4 Å². The number of nitrogens with one attached hydrogen (secondary N) is 1. The number of hydrazone groups is 1. The number of hydrogen-bond acceptors (Lipinski definition) is 5. The van der Waals surface area contributed by atoms with Crippen molar-refractivity contribution in [3.05, 3.63) is 106 Å². The fourth-order valence-corrected chi connectivity index (χ4v) is 5.45. The van der Waals surface area contributed by atoms with Crippen molar-refractivity contribution in [1.29, 1.82) is 0 Å². The van der Waals surface area contributed by atoms with Crippen LogP contribution in [0.2, 0.25) is 5.15 Å². The Balaban J connectivity index is 1.60. The number of carbonyl (C=O) groups is 1. The Morgan fingerprint density at radius 3 is 2.38 bits per heavy atom. The van der Waals surface area contributed by atoms with Crippen molar-refractivity contribution in [1.82, 2.24) is 15.2 Å². The topological polar surface area (TPSA) is 96.7 Å². The lowest BCUT2D eigenvalue weighted by Crippen LogP contribution is -2.39. The first kappa shape index (κ1) is 28.8. The van der Waals surface area contributed by atoms with E-state index in [2.05, 4.69) is 15.6 Å². The molecule has 1 aromatic heterocycles. The van der Waals surface area contributed by atoms with E-state index in [1.54, 1.807) is 30.7 Å². The first-order valence-corrected chi connectivity index (χ1v) is 13.6. The number of rotatable bonds is 8. The second-order valence-electron chi connectivity index (χ2n) is 8.70. The summed E-state index contributed by atoms with van der Waals surface area (Å²) in [7, 11) is -4.43. The molecule has 0 unspecified atom stereocenters. The van der Waals surface area contributed by atoms with Gasteiger partial charge in [-0.25, -0.2) is 18.5 Å². The molecule has 4 aromatic rings. The van der Waals surface area contributed by atoms with E-state index in [4.69, 9.17) is 11.6 Å². The summed E-state index contributed by atoms with van der Waals surface area (Å²) >= 11 is 6.25. The van der Waals surface area contributed by atoms with Gasteiger partial charge in [0.1, 0.15) is 6.54 Å².